The molecule has 8 heteroatoms. The molecule has 8 nitrogen and oxygen atoms in total. The van der Waals surface area contributed by atoms with Crippen LogP contribution in [0.3, 0.4) is 0 Å². The minimum atomic E-state index is -0.574. The van der Waals surface area contributed by atoms with Gasteiger partial charge in [0, 0.05) is 25.3 Å². The normalized spacial score (nSPS) is 9.85. The zero-order valence-electron chi connectivity index (χ0n) is 10.4. The van der Waals surface area contributed by atoms with Gasteiger partial charge in [-0.2, -0.15) is 0 Å². The number of carbonyl (C=O) groups is 1. The van der Waals surface area contributed by atoms with Crippen molar-refractivity contribution in [3.63, 3.8) is 0 Å². The molecule has 0 saturated heterocycles. The van der Waals surface area contributed by atoms with Crippen LogP contribution < -0.4 is 10.1 Å². The first kappa shape index (κ1) is 13.4. The predicted molar refractivity (Wildman–Crippen MR) is 69.6 cm³/mol. The maximum atomic E-state index is 10.6. The third-order valence-electron chi connectivity index (χ3n) is 2.38. The molecule has 0 fully saturated rings. The lowest BCUT2D eigenvalue weighted by Gasteiger charge is -2.06. The fourth-order valence-electron chi connectivity index (χ4n) is 1.49. The summed E-state index contributed by atoms with van der Waals surface area (Å²) in [4.78, 5) is 28.1. The molecule has 0 aromatic carbocycles. The minimum Gasteiger partial charge on any atom is -0.453 e. The summed E-state index contributed by atoms with van der Waals surface area (Å²) in [7, 11) is 0. The number of amides is 1. The number of nitrogens with one attached hydrogen (secondary N) is 1. The van der Waals surface area contributed by atoms with E-state index in [4.69, 9.17) is 4.74 Å². The van der Waals surface area contributed by atoms with Gasteiger partial charge in [0.05, 0.1) is 0 Å². The van der Waals surface area contributed by atoms with E-state index in [1.54, 1.807) is 13.0 Å². The summed E-state index contributed by atoms with van der Waals surface area (Å²) in [6, 6.07) is 5.84. The maximum absolute atomic E-state index is 10.6. The van der Waals surface area contributed by atoms with E-state index in [2.05, 4.69) is 15.3 Å². The molecule has 2 heterocycles. The highest BCUT2D eigenvalue weighted by atomic mass is 16.6. The van der Waals surface area contributed by atoms with Gasteiger partial charge in [0.1, 0.15) is 11.6 Å². The zero-order chi connectivity index (χ0) is 14.5. The first-order valence-electron chi connectivity index (χ1n) is 5.56. The van der Waals surface area contributed by atoms with Gasteiger partial charge in [-0.1, -0.05) is 0 Å². The van der Waals surface area contributed by atoms with E-state index in [1.165, 1.54) is 24.4 Å². The number of aryl methyl sites for hydroxylation is 1. The summed E-state index contributed by atoms with van der Waals surface area (Å²) in [6.45, 7) is 1.61. The van der Waals surface area contributed by atoms with Crippen molar-refractivity contribution in [2.75, 3.05) is 5.32 Å². The summed E-state index contributed by atoms with van der Waals surface area (Å²) >= 11 is 0. The highest BCUT2D eigenvalue weighted by Crippen LogP contribution is 2.26. The number of anilines is 1. The monoisotopic (exact) mass is 274 g/mol. The van der Waals surface area contributed by atoms with Gasteiger partial charge in [-0.15, -0.1) is 0 Å². The van der Waals surface area contributed by atoms with Crippen LogP contribution in [0.15, 0.2) is 30.5 Å². The number of nitrogens with zero attached hydrogens (tertiary/aromatic N) is 3. The molecular weight excluding hydrogens is 264 g/mol. The largest absolute Gasteiger partial charge is 0.453 e. The van der Waals surface area contributed by atoms with Gasteiger partial charge < -0.3 is 20.2 Å². The molecule has 2 aromatic heterocycles. The first-order chi connectivity index (χ1) is 9.60. The summed E-state index contributed by atoms with van der Waals surface area (Å²) in [5.41, 5.74) is 0.390. The zero-order valence-corrected chi connectivity index (χ0v) is 10.4. The van der Waals surface area contributed by atoms with E-state index in [9.17, 15) is 14.9 Å². The highest BCUT2D eigenvalue weighted by Gasteiger charge is 2.13. The van der Waals surface area contributed by atoms with Crippen LogP contribution in [0.25, 0.3) is 0 Å². The van der Waals surface area contributed by atoms with Crippen molar-refractivity contribution < 1.29 is 14.5 Å². The van der Waals surface area contributed by atoms with Crippen molar-refractivity contribution in [3.8, 4) is 11.5 Å². The number of pyridine rings is 2. The lowest BCUT2D eigenvalue weighted by atomic mass is 10.3. The smallest absolute Gasteiger partial charge is 0.363 e. The van der Waals surface area contributed by atoms with Crippen LogP contribution in [0.4, 0.5) is 11.6 Å². The molecule has 0 radical (unpaired) electrons. The van der Waals surface area contributed by atoms with Crippen LogP contribution in [0, 0.1) is 17.0 Å². The summed E-state index contributed by atoms with van der Waals surface area (Å²) in [5, 5.41) is 13.0. The second-order valence-electron chi connectivity index (χ2n) is 3.75. The Hall–Kier alpha value is -3.03. The van der Waals surface area contributed by atoms with Crippen LogP contribution in [0.5, 0.6) is 11.5 Å². The Balaban J connectivity index is 2.23. The fourth-order valence-corrected chi connectivity index (χ4v) is 1.49. The molecule has 2 rings (SSSR count). The third kappa shape index (κ3) is 3.05. The van der Waals surface area contributed by atoms with Crippen LogP contribution in [-0.2, 0) is 4.79 Å². The molecule has 2 aromatic rings. The molecule has 20 heavy (non-hydrogen) atoms. The topological polar surface area (TPSA) is 107 Å². The van der Waals surface area contributed by atoms with Crippen LogP contribution >= 0.6 is 0 Å². The Morgan fingerprint density at radius 1 is 1.40 bits per heavy atom. The van der Waals surface area contributed by atoms with Crippen molar-refractivity contribution in [2.24, 2.45) is 0 Å². The van der Waals surface area contributed by atoms with E-state index >= 15 is 0 Å². The number of rotatable bonds is 5. The molecule has 0 saturated carbocycles. The number of aromatic nitrogens is 2. The van der Waals surface area contributed by atoms with Crippen molar-refractivity contribution >= 4 is 18.0 Å². The van der Waals surface area contributed by atoms with Crippen molar-refractivity contribution in [1.82, 2.24) is 9.97 Å². The van der Waals surface area contributed by atoms with Gasteiger partial charge in [0.25, 0.3) is 0 Å². The Labute approximate surface area is 113 Å². The van der Waals surface area contributed by atoms with Crippen LogP contribution in [-0.4, -0.2) is 21.3 Å². The lowest BCUT2D eigenvalue weighted by Crippen LogP contribution is -1.98. The van der Waals surface area contributed by atoms with E-state index in [0.29, 0.717) is 29.4 Å². The minimum absolute atomic E-state index is 0.243. The molecule has 0 aliphatic carbocycles. The average Bonchev–Trinajstić information content (AvgIpc) is 2.42. The SMILES string of the molecule is Cc1nc([N+](=O)[O-])ccc1Oc1ccnc(NC=O)c1. The van der Waals surface area contributed by atoms with E-state index in [0.717, 1.165) is 0 Å². The Morgan fingerprint density at radius 2 is 2.20 bits per heavy atom. The molecular formula is C12H10N4O4. The molecule has 1 N–H and O–H groups in total. The van der Waals surface area contributed by atoms with Gasteiger partial charge in [-0.25, -0.2) is 4.98 Å². The van der Waals surface area contributed by atoms with Crippen molar-refractivity contribution in [2.45, 2.75) is 6.92 Å². The maximum Gasteiger partial charge on any atom is 0.363 e. The third-order valence-corrected chi connectivity index (χ3v) is 2.38. The summed E-state index contributed by atoms with van der Waals surface area (Å²) in [5.74, 6) is 0.917. The van der Waals surface area contributed by atoms with Gasteiger partial charge in [0.2, 0.25) is 6.41 Å². The van der Waals surface area contributed by atoms with E-state index in [-0.39, 0.29) is 5.82 Å². The number of hydrogen-bond acceptors (Lipinski definition) is 6. The van der Waals surface area contributed by atoms with E-state index in [1.807, 2.05) is 0 Å². The average molecular weight is 274 g/mol. The van der Waals surface area contributed by atoms with Crippen LogP contribution in [0.2, 0.25) is 0 Å². The summed E-state index contributed by atoms with van der Waals surface area (Å²) in [6.07, 6.45) is 1.97. The predicted octanol–water partition coefficient (Wildman–Crippen LogP) is 2.05. The summed E-state index contributed by atoms with van der Waals surface area (Å²) < 4.78 is 5.55. The molecule has 0 aliphatic heterocycles. The second-order valence-corrected chi connectivity index (χ2v) is 3.75. The van der Waals surface area contributed by atoms with Gasteiger partial charge in [0.15, 0.2) is 11.4 Å². The fraction of sp³-hybridized carbons (Fsp3) is 0.0833. The number of ether oxygens (including phenoxy) is 1. The quantitative estimate of drug-likeness (QED) is 0.508. The van der Waals surface area contributed by atoms with Gasteiger partial charge in [-0.3, -0.25) is 4.79 Å². The molecule has 0 aliphatic rings. The van der Waals surface area contributed by atoms with Crippen LogP contribution in [0.1, 0.15) is 5.69 Å². The number of nitro groups is 1. The molecule has 102 valence electrons. The van der Waals surface area contributed by atoms with Crippen molar-refractivity contribution in [1.29, 1.82) is 0 Å². The highest BCUT2D eigenvalue weighted by molar-refractivity contribution is 5.69. The Kier molecular flexibility index (Phi) is 3.85. The molecule has 0 unspecified atom stereocenters. The first-order valence-corrected chi connectivity index (χ1v) is 5.56. The molecule has 0 atom stereocenters. The second kappa shape index (κ2) is 5.74. The lowest BCUT2D eigenvalue weighted by molar-refractivity contribution is -0.389. The molecule has 1 amide bonds. The Bertz CT molecular complexity index is 660. The number of carbonyl (C=O) groups excluding carboxylic acids is 1. The van der Waals surface area contributed by atoms with Gasteiger partial charge >= 0.3 is 5.82 Å². The van der Waals surface area contributed by atoms with Crippen molar-refractivity contribution in [3.05, 3.63) is 46.3 Å². The molecule has 0 spiro atoms. The van der Waals surface area contributed by atoms with E-state index < -0.39 is 4.92 Å². The Morgan fingerprint density at radius 3 is 2.85 bits per heavy atom. The van der Waals surface area contributed by atoms with Gasteiger partial charge in [-0.05, 0) is 22.0 Å². The standard InChI is InChI=1S/C12H10N4O4/c1-8-10(2-3-12(15-8)16(18)19)20-9-4-5-13-11(6-9)14-7-17/h2-7H,1H3,(H,13,14,17). The molecule has 0 bridgehead atoms. The number of hydrogen-bond donors (Lipinski definition) is 1.